The summed E-state index contributed by atoms with van der Waals surface area (Å²) in [5.41, 5.74) is 1.41. The summed E-state index contributed by atoms with van der Waals surface area (Å²) < 4.78 is 27.5. The number of hydrogen-bond acceptors (Lipinski definition) is 3. The predicted octanol–water partition coefficient (Wildman–Crippen LogP) is 1.48. The molecular weight excluding hydrogens is 226 g/mol. The van der Waals surface area contributed by atoms with Gasteiger partial charge in [0.25, 0.3) is 0 Å². The summed E-state index contributed by atoms with van der Waals surface area (Å²) in [5.74, 6) is 0. The number of aromatic nitrogens is 2. The summed E-state index contributed by atoms with van der Waals surface area (Å²) in [7, 11) is -3.28. The highest BCUT2D eigenvalue weighted by atomic mass is 32.2. The van der Waals surface area contributed by atoms with Crippen LogP contribution in [-0.4, -0.2) is 23.3 Å². The highest BCUT2D eigenvalue weighted by Crippen LogP contribution is 2.14. The van der Waals surface area contributed by atoms with E-state index in [0.717, 1.165) is 5.52 Å². The minimum absolute atomic E-state index is 0.450. The molecule has 0 spiro atoms. The van der Waals surface area contributed by atoms with Gasteiger partial charge < -0.3 is 0 Å². The van der Waals surface area contributed by atoms with Crippen LogP contribution in [0.3, 0.4) is 0 Å². The molecule has 0 radical (unpaired) electrons. The Bertz CT molecular complexity index is 601. The number of nitrogens with one attached hydrogen (secondary N) is 1. The van der Waals surface area contributed by atoms with Crippen molar-refractivity contribution in [2.75, 3.05) is 4.72 Å². The largest absolute Gasteiger partial charge is 0.283 e. The fraction of sp³-hybridized carbons (Fsp3) is 0.300. The summed E-state index contributed by atoms with van der Waals surface area (Å²) in [5, 5.41) is 3.58. The Morgan fingerprint density at radius 1 is 1.38 bits per heavy atom. The number of anilines is 1. The molecule has 5 nitrogen and oxygen atoms in total. The molecule has 16 heavy (non-hydrogen) atoms. The van der Waals surface area contributed by atoms with Crippen LogP contribution in [-0.2, 0) is 10.0 Å². The van der Waals surface area contributed by atoms with E-state index in [1.54, 1.807) is 42.9 Å². The molecule has 0 fully saturated rings. The average molecular weight is 239 g/mol. The van der Waals surface area contributed by atoms with Gasteiger partial charge in [-0.15, -0.1) is 0 Å². The lowest BCUT2D eigenvalue weighted by Crippen LogP contribution is -2.22. The Hall–Kier alpha value is -1.56. The van der Waals surface area contributed by atoms with E-state index in [1.165, 1.54) is 0 Å². The molecule has 2 aromatic heterocycles. The Morgan fingerprint density at radius 2 is 2.12 bits per heavy atom. The van der Waals surface area contributed by atoms with Crippen LogP contribution < -0.4 is 4.72 Å². The van der Waals surface area contributed by atoms with E-state index in [2.05, 4.69) is 9.82 Å². The maximum atomic E-state index is 11.6. The van der Waals surface area contributed by atoms with Crippen molar-refractivity contribution in [1.29, 1.82) is 0 Å². The maximum absolute atomic E-state index is 11.6. The first kappa shape index (κ1) is 10.9. The molecular formula is C10H13N3O2S. The van der Waals surface area contributed by atoms with Crippen molar-refractivity contribution in [2.45, 2.75) is 19.1 Å². The zero-order chi connectivity index (χ0) is 11.8. The van der Waals surface area contributed by atoms with Crippen LogP contribution >= 0.6 is 0 Å². The van der Waals surface area contributed by atoms with Gasteiger partial charge in [-0.1, -0.05) is 0 Å². The lowest BCUT2D eigenvalue weighted by Gasteiger charge is -2.10. The third kappa shape index (κ3) is 2.01. The molecule has 1 N–H and O–H groups in total. The second-order valence-corrected chi connectivity index (χ2v) is 6.05. The first-order valence-corrected chi connectivity index (χ1v) is 6.49. The highest BCUT2D eigenvalue weighted by molar-refractivity contribution is 7.93. The van der Waals surface area contributed by atoms with Crippen molar-refractivity contribution < 1.29 is 8.42 Å². The van der Waals surface area contributed by atoms with Crippen molar-refractivity contribution in [2.24, 2.45) is 0 Å². The van der Waals surface area contributed by atoms with Crippen molar-refractivity contribution >= 4 is 21.2 Å². The summed E-state index contributed by atoms with van der Waals surface area (Å²) in [6.07, 6.45) is 3.38. The van der Waals surface area contributed by atoms with Gasteiger partial charge in [-0.2, -0.15) is 5.10 Å². The quantitative estimate of drug-likeness (QED) is 0.882. The fourth-order valence-corrected chi connectivity index (χ4v) is 1.96. The zero-order valence-electron chi connectivity index (χ0n) is 9.08. The van der Waals surface area contributed by atoms with E-state index in [-0.39, 0.29) is 0 Å². The van der Waals surface area contributed by atoms with E-state index in [1.807, 2.05) is 6.07 Å². The highest BCUT2D eigenvalue weighted by Gasteiger charge is 2.15. The van der Waals surface area contributed by atoms with Crippen molar-refractivity contribution in [3.63, 3.8) is 0 Å². The summed E-state index contributed by atoms with van der Waals surface area (Å²) in [6.45, 7) is 3.28. The second kappa shape index (κ2) is 3.79. The molecule has 0 amide bonds. The molecule has 0 aromatic carbocycles. The van der Waals surface area contributed by atoms with Crippen LogP contribution in [0.15, 0.2) is 30.6 Å². The number of nitrogens with zero attached hydrogens (tertiary/aromatic N) is 2. The van der Waals surface area contributed by atoms with E-state index in [0.29, 0.717) is 5.69 Å². The number of hydrogen-bond donors (Lipinski definition) is 1. The number of pyridine rings is 1. The van der Waals surface area contributed by atoms with E-state index >= 15 is 0 Å². The van der Waals surface area contributed by atoms with Crippen LogP contribution in [0, 0.1) is 0 Å². The smallest absolute Gasteiger partial charge is 0.235 e. The monoisotopic (exact) mass is 239 g/mol. The van der Waals surface area contributed by atoms with E-state index in [4.69, 9.17) is 0 Å². The molecule has 0 bridgehead atoms. The Morgan fingerprint density at radius 3 is 2.81 bits per heavy atom. The van der Waals surface area contributed by atoms with Gasteiger partial charge >= 0.3 is 0 Å². The Labute approximate surface area is 94.1 Å². The van der Waals surface area contributed by atoms with E-state index < -0.39 is 15.3 Å². The van der Waals surface area contributed by atoms with E-state index in [9.17, 15) is 8.42 Å². The van der Waals surface area contributed by atoms with Crippen LogP contribution in [0.4, 0.5) is 5.69 Å². The van der Waals surface area contributed by atoms with Gasteiger partial charge in [0.05, 0.1) is 16.5 Å². The molecule has 2 heterocycles. The van der Waals surface area contributed by atoms with Crippen LogP contribution in [0.5, 0.6) is 0 Å². The average Bonchev–Trinajstić information content (AvgIpc) is 2.63. The molecule has 0 saturated carbocycles. The Balaban J connectivity index is 2.34. The van der Waals surface area contributed by atoms with Gasteiger partial charge in [0.2, 0.25) is 10.0 Å². The molecule has 2 rings (SSSR count). The third-order valence-corrected chi connectivity index (χ3v) is 4.04. The molecule has 0 aliphatic rings. The first-order valence-electron chi connectivity index (χ1n) is 4.94. The van der Waals surface area contributed by atoms with Gasteiger partial charge in [-0.25, -0.2) is 12.9 Å². The lowest BCUT2D eigenvalue weighted by molar-refractivity contribution is 0.593. The normalized spacial score (nSPS) is 12.2. The minimum Gasteiger partial charge on any atom is -0.283 e. The fourth-order valence-electron chi connectivity index (χ4n) is 1.27. The topological polar surface area (TPSA) is 63.5 Å². The molecule has 0 saturated heterocycles. The predicted molar refractivity (Wildman–Crippen MR) is 62.9 cm³/mol. The van der Waals surface area contributed by atoms with Crippen molar-refractivity contribution in [3.05, 3.63) is 30.6 Å². The molecule has 0 unspecified atom stereocenters. The first-order chi connectivity index (χ1) is 7.49. The van der Waals surface area contributed by atoms with Crippen LogP contribution in [0.1, 0.15) is 13.8 Å². The zero-order valence-corrected chi connectivity index (χ0v) is 9.90. The number of sulfonamides is 1. The summed E-state index contributed by atoms with van der Waals surface area (Å²) in [6, 6.07) is 5.24. The van der Waals surface area contributed by atoms with Crippen LogP contribution in [0.2, 0.25) is 0 Å². The summed E-state index contributed by atoms with van der Waals surface area (Å²) >= 11 is 0. The van der Waals surface area contributed by atoms with Gasteiger partial charge in [0.15, 0.2) is 0 Å². The number of rotatable bonds is 3. The molecule has 0 aliphatic carbocycles. The molecule has 0 atom stereocenters. The van der Waals surface area contributed by atoms with Crippen molar-refractivity contribution in [1.82, 2.24) is 9.61 Å². The molecule has 0 aliphatic heterocycles. The standard InChI is InChI=1S/C10H13N3O2S/c1-8(2)16(14,15)12-9-4-6-13-10(7-9)3-5-11-13/h3-8,12H,1-2H3. The van der Waals surface area contributed by atoms with Crippen LogP contribution in [0.25, 0.3) is 5.52 Å². The number of fused-ring (bicyclic) bond motifs is 1. The van der Waals surface area contributed by atoms with Crippen molar-refractivity contribution in [3.8, 4) is 0 Å². The maximum Gasteiger partial charge on any atom is 0.235 e. The molecule has 2 aromatic rings. The molecule has 6 heteroatoms. The summed E-state index contributed by atoms with van der Waals surface area (Å²) in [4.78, 5) is 0. The Kier molecular flexibility index (Phi) is 2.59. The minimum atomic E-state index is -3.28. The van der Waals surface area contributed by atoms with Gasteiger partial charge in [0.1, 0.15) is 0 Å². The lowest BCUT2D eigenvalue weighted by atomic mass is 10.4. The van der Waals surface area contributed by atoms with Gasteiger partial charge in [-0.3, -0.25) is 4.72 Å². The van der Waals surface area contributed by atoms with Gasteiger partial charge in [-0.05, 0) is 32.0 Å². The molecule has 86 valence electrons. The second-order valence-electron chi connectivity index (χ2n) is 3.81. The third-order valence-electron chi connectivity index (χ3n) is 2.28. The van der Waals surface area contributed by atoms with Gasteiger partial charge in [0, 0.05) is 12.4 Å². The SMILES string of the molecule is CC(C)S(=O)(=O)Nc1ccn2nccc2c1.